The van der Waals surface area contributed by atoms with Crippen molar-refractivity contribution in [3.05, 3.63) is 29.8 Å². The normalized spacial score (nSPS) is 18.0. The first-order valence-corrected chi connectivity index (χ1v) is 7.69. The fourth-order valence-electron chi connectivity index (χ4n) is 2.84. The molecule has 0 aliphatic carbocycles. The highest BCUT2D eigenvalue weighted by Crippen LogP contribution is 2.22. The number of likely N-dealkylation sites (tertiary alicyclic amines) is 1. The lowest BCUT2D eigenvalue weighted by Crippen LogP contribution is -2.46. The second-order valence-corrected chi connectivity index (χ2v) is 5.71. The first-order chi connectivity index (χ1) is 10.2. The van der Waals surface area contributed by atoms with Crippen LogP contribution in [0, 0.1) is 17.2 Å². The number of rotatable bonds is 4. The molecule has 0 aromatic heterocycles. The van der Waals surface area contributed by atoms with Crippen molar-refractivity contribution in [3.8, 4) is 6.07 Å². The lowest BCUT2D eigenvalue weighted by Gasteiger charge is -2.35. The van der Waals surface area contributed by atoms with Crippen LogP contribution in [0.4, 0.5) is 5.69 Å². The summed E-state index contributed by atoms with van der Waals surface area (Å²) in [5.41, 5.74) is 1.10. The molecule has 1 aliphatic rings. The highest BCUT2D eigenvalue weighted by Gasteiger charge is 2.26. The molecular formula is C17H23N3O. The van der Waals surface area contributed by atoms with Gasteiger partial charge in [-0.3, -0.25) is 9.69 Å². The zero-order valence-corrected chi connectivity index (χ0v) is 12.8. The van der Waals surface area contributed by atoms with E-state index in [0.29, 0.717) is 11.3 Å². The first-order valence-electron chi connectivity index (χ1n) is 7.69. The molecule has 1 amide bonds. The van der Waals surface area contributed by atoms with Gasteiger partial charge in [-0.2, -0.15) is 5.26 Å². The van der Waals surface area contributed by atoms with E-state index >= 15 is 0 Å². The number of nitriles is 1. The molecule has 4 nitrogen and oxygen atoms in total. The SMILES string of the molecule is CCC1CCN(C(C)C(=O)Nc2ccccc2C#N)CC1. The predicted octanol–water partition coefficient (Wildman–Crippen LogP) is 3.01. The molecule has 0 radical (unpaired) electrons. The Balaban J connectivity index is 1.96. The number of piperidine rings is 1. The van der Waals surface area contributed by atoms with Crippen LogP contribution >= 0.6 is 0 Å². The number of anilines is 1. The Labute approximate surface area is 126 Å². The maximum atomic E-state index is 12.4. The van der Waals surface area contributed by atoms with Crippen molar-refractivity contribution >= 4 is 11.6 Å². The van der Waals surface area contributed by atoms with Gasteiger partial charge in [0.1, 0.15) is 6.07 Å². The van der Waals surface area contributed by atoms with Gasteiger partial charge in [-0.1, -0.05) is 25.5 Å². The third-order valence-corrected chi connectivity index (χ3v) is 4.46. The van der Waals surface area contributed by atoms with Crippen molar-refractivity contribution in [1.82, 2.24) is 4.90 Å². The summed E-state index contributed by atoms with van der Waals surface area (Å²) in [6, 6.07) is 9.06. The zero-order chi connectivity index (χ0) is 15.2. The number of hydrogen-bond acceptors (Lipinski definition) is 3. The summed E-state index contributed by atoms with van der Waals surface area (Å²) >= 11 is 0. The Morgan fingerprint density at radius 1 is 1.43 bits per heavy atom. The highest BCUT2D eigenvalue weighted by molar-refractivity contribution is 5.95. The number of para-hydroxylation sites is 1. The van der Waals surface area contributed by atoms with Crippen LogP contribution in [0.1, 0.15) is 38.7 Å². The maximum absolute atomic E-state index is 12.4. The average molecular weight is 285 g/mol. The van der Waals surface area contributed by atoms with Crippen molar-refractivity contribution in [2.24, 2.45) is 5.92 Å². The minimum atomic E-state index is -0.158. The summed E-state index contributed by atoms with van der Waals surface area (Å²) in [6.07, 6.45) is 3.57. The van der Waals surface area contributed by atoms with Gasteiger partial charge in [0.05, 0.1) is 17.3 Å². The molecule has 21 heavy (non-hydrogen) atoms. The summed E-state index contributed by atoms with van der Waals surface area (Å²) in [7, 11) is 0. The number of nitrogens with one attached hydrogen (secondary N) is 1. The largest absolute Gasteiger partial charge is 0.324 e. The number of carbonyl (C=O) groups is 1. The Bertz CT molecular complexity index is 527. The molecule has 1 heterocycles. The molecule has 1 atom stereocenters. The van der Waals surface area contributed by atoms with Gasteiger partial charge in [0.15, 0.2) is 0 Å². The Hall–Kier alpha value is -1.86. The standard InChI is InChI=1S/C17H23N3O/c1-3-14-8-10-20(11-9-14)13(2)17(21)19-16-7-5-4-6-15(16)12-18/h4-7,13-14H,3,8-11H2,1-2H3,(H,19,21). The van der Waals surface area contributed by atoms with Gasteiger partial charge in [-0.05, 0) is 50.9 Å². The van der Waals surface area contributed by atoms with Crippen LogP contribution < -0.4 is 5.32 Å². The minimum Gasteiger partial charge on any atom is -0.324 e. The number of carbonyl (C=O) groups excluding carboxylic acids is 1. The fourth-order valence-corrected chi connectivity index (χ4v) is 2.84. The van der Waals surface area contributed by atoms with E-state index < -0.39 is 0 Å². The van der Waals surface area contributed by atoms with Crippen molar-refractivity contribution in [1.29, 1.82) is 5.26 Å². The molecule has 4 heteroatoms. The average Bonchev–Trinajstić information content (AvgIpc) is 2.54. The molecule has 1 N–H and O–H groups in total. The summed E-state index contributed by atoms with van der Waals surface area (Å²) in [5, 5.41) is 11.9. The molecule has 1 unspecified atom stereocenters. The van der Waals surface area contributed by atoms with E-state index in [9.17, 15) is 4.79 Å². The summed E-state index contributed by atoms with van der Waals surface area (Å²) in [4.78, 5) is 14.6. The Morgan fingerprint density at radius 2 is 2.10 bits per heavy atom. The van der Waals surface area contributed by atoms with Crippen molar-refractivity contribution in [2.75, 3.05) is 18.4 Å². The first kappa shape index (κ1) is 15.5. The van der Waals surface area contributed by atoms with E-state index in [1.807, 2.05) is 13.0 Å². The van der Waals surface area contributed by atoms with Crippen LogP contribution in [-0.4, -0.2) is 29.9 Å². The predicted molar refractivity (Wildman–Crippen MR) is 83.8 cm³/mol. The van der Waals surface area contributed by atoms with Gasteiger partial charge in [0, 0.05) is 0 Å². The minimum absolute atomic E-state index is 0.0346. The molecular weight excluding hydrogens is 262 g/mol. The monoisotopic (exact) mass is 285 g/mol. The van der Waals surface area contributed by atoms with Gasteiger partial charge in [0.2, 0.25) is 5.91 Å². The van der Waals surface area contributed by atoms with E-state index in [1.54, 1.807) is 18.2 Å². The van der Waals surface area contributed by atoms with E-state index in [1.165, 1.54) is 19.3 Å². The van der Waals surface area contributed by atoms with Gasteiger partial charge < -0.3 is 5.32 Å². The molecule has 0 bridgehead atoms. The van der Waals surface area contributed by atoms with Gasteiger partial charge in [-0.25, -0.2) is 0 Å². The Morgan fingerprint density at radius 3 is 2.71 bits per heavy atom. The van der Waals surface area contributed by atoms with Crippen LogP contribution in [0.3, 0.4) is 0 Å². The second-order valence-electron chi connectivity index (χ2n) is 5.71. The zero-order valence-electron chi connectivity index (χ0n) is 12.8. The molecule has 1 aromatic carbocycles. The number of nitrogens with zero attached hydrogens (tertiary/aromatic N) is 2. The van der Waals surface area contributed by atoms with E-state index in [4.69, 9.17) is 5.26 Å². The quantitative estimate of drug-likeness (QED) is 0.925. The Kier molecular flexibility index (Phi) is 5.35. The van der Waals surface area contributed by atoms with E-state index in [-0.39, 0.29) is 11.9 Å². The number of amides is 1. The molecule has 112 valence electrons. The summed E-state index contributed by atoms with van der Waals surface area (Å²) < 4.78 is 0. The topological polar surface area (TPSA) is 56.1 Å². The van der Waals surface area contributed by atoms with Crippen LogP contribution in [0.5, 0.6) is 0 Å². The number of benzene rings is 1. The van der Waals surface area contributed by atoms with Crippen LogP contribution in [0.15, 0.2) is 24.3 Å². The fraction of sp³-hybridized carbons (Fsp3) is 0.529. The van der Waals surface area contributed by atoms with Crippen molar-refractivity contribution in [2.45, 2.75) is 39.2 Å². The third kappa shape index (κ3) is 3.83. The maximum Gasteiger partial charge on any atom is 0.241 e. The molecule has 1 aliphatic heterocycles. The molecule has 2 rings (SSSR count). The summed E-state index contributed by atoms with van der Waals surface area (Å²) in [5.74, 6) is 0.767. The molecule has 0 spiro atoms. The highest BCUT2D eigenvalue weighted by atomic mass is 16.2. The van der Waals surface area contributed by atoms with E-state index in [2.05, 4.69) is 23.2 Å². The molecule has 1 fully saturated rings. The third-order valence-electron chi connectivity index (χ3n) is 4.46. The van der Waals surface area contributed by atoms with Gasteiger partial charge in [0.25, 0.3) is 0 Å². The van der Waals surface area contributed by atoms with Crippen LogP contribution in [0.2, 0.25) is 0 Å². The van der Waals surface area contributed by atoms with Crippen LogP contribution in [-0.2, 0) is 4.79 Å². The number of hydrogen-bond donors (Lipinski definition) is 1. The van der Waals surface area contributed by atoms with Gasteiger partial charge in [-0.15, -0.1) is 0 Å². The molecule has 0 saturated carbocycles. The lowest BCUT2D eigenvalue weighted by atomic mass is 9.93. The van der Waals surface area contributed by atoms with Crippen LogP contribution in [0.25, 0.3) is 0 Å². The second kappa shape index (κ2) is 7.24. The summed E-state index contributed by atoms with van der Waals surface area (Å²) in [6.45, 7) is 6.13. The van der Waals surface area contributed by atoms with Crippen molar-refractivity contribution in [3.63, 3.8) is 0 Å². The lowest BCUT2D eigenvalue weighted by molar-refractivity contribution is -0.121. The molecule has 1 aromatic rings. The van der Waals surface area contributed by atoms with E-state index in [0.717, 1.165) is 19.0 Å². The smallest absolute Gasteiger partial charge is 0.241 e. The molecule has 1 saturated heterocycles. The van der Waals surface area contributed by atoms with Crippen molar-refractivity contribution < 1.29 is 4.79 Å². The van der Waals surface area contributed by atoms with Gasteiger partial charge >= 0.3 is 0 Å².